The zero-order valence-electron chi connectivity index (χ0n) is 12.8. The molecule has 1 amide bonds. The summed E-state index contributed by atoms with van der Waals surface area (Å²) in [4.78, 5) is 12.2. The maximum atomic E-state index is 12.2. The zero-order valence-corrected chi connectivity index (χ0v) is 13.6. The van der Waals surface area contributed by atoms with Gasteiger partial charge in [-0.1, -0.05) is 12.8 Å². The minimum Gasteiger partial charge on any atom is -0.393 e. The standard InChI is InChI=1S/C15H25N3O2S/c1-10-13(15(16-2)21-18-10)14(20)17-9-5-7-11-6-3-4-8-12(11)19/h11-12,16,19H,3-9H2,1-2H3,(H,17,20). The molecule has 2 rings (SSSR count). The lowest BCUT2D eigenvalue weighted by molar-refractivity contribution is 0.0641. The van der Waals surface area contributed by atoms with Gasteiger partial charge in [-0.05, 0) is 50.1 Å². The lowest BCUT2D eigenvalue weighted by Crippen LogP contribution is -2.28. The molecule has 21 heavy (non-hydrogen) atoms. The highest BCUT2D eigenvalue weighted by Crippen LogP contribution is 2.28. The third kappa shape index (κ3) is 4.17. The van der Waals surface area contributed by atoms with Gasteiger partial charge in [0, 0.05) is 13.6 Å². The van der Waals surface area contributed by atoms with Crippen LogP contribution in [-0.4, -0.2) is 35.1 Å². The quantitative estimate of drug-likeness (QED) is 0.706. The van der Waals surface area contributed by atoms with Crippen LogP contribution >= 0.6 is 11.5 Å². The van der Waals surface area contributed by atoms with Crippen LogP contribution in [-0.2, 0) is 0 Å². The number of rotatable bonds is 6. The molecule has 0 radical (unpaired) electrons. The molecule has 0 aromatic carbocycles. The van der Waals surface area contributed by atoms with Crippen LogP contribution in [0.3, 0.4) is 0 Å². The van der Waals surface area contributed by atoms with Crippen molar-refractivity contribution in [2.75, 3.05) is 18.9 Å². The number of anilines is 1. The summed E-state index contributed by atoms with van der Waals surface area (Å²) in [5.74, 6) is 0.350. The van der Waals surface area contributed by atoms with Gasteiger partial charge in [-0.3, -0.25) is 4.79 Å². The number of hydrogen-bond acceptors (Lipinski definition) is 5. The highest BCUT2D eigenvalue weighted by Gasteiger charge is 2.22. The number of aromatic nitrogens is 1. The van der Waals surface area contributed by atoms with Crippen molar-refractivity contribution in [2.45, 2.75) is 51.6 Å². The number of nitrogens with one attached hydrogen (secondary N) is 2. The van der Waals surface area contributed by atoms with Gasteiger partial charge in [0.25, 0.3) is 5.91 Å². The van der Waals surface area contributed by atoms with Crippen LogP contribution < -0.4 is 10.6 Å². The minimum absolute atomic E-state index is 0.0604. The summed E-state index contributed by atoms with van der Waals surface area (Å²) < 4.78 is 4.21. The van der Waals surface area contributed by atoms with Crippen LogP contribution in [0.15, 0.2) is 0 Å². The van der Waals surface area contributed by atoms with Crippen molar-refractivity contribution < 1.29 is 9.90 Å². The summed E-state index contributed by atoms with van der Waals surface area (Å²) in [6, 6.07) is 0. The molecule has 1 aromatic rings. The van der Waals surface area contributed by atoms with Gasteiger partial charge in [0.1, 0.15) is 5.00 Å². The molecule has 0 bridgehead atoms. The van der Waals surface area contributed by atoms with Crippen molar-refractivity contribution in [3.8, 4) is 0 Å². The third-order valence-electron chi connectivity index (χ3n) is 4.22. The van der Waals surface area contributed by atoms with Crippen molar-refractivity contribution in [1.82, 2.24) is 9.69 Å². The van der Waals surface area contributed by atoms with E-state index in [0.717, 1.165) is 42.8 Å². The Hall–Kier alpha value is -1.14. The second kappa shape index (κ2) is 7.75. The average molecular weight is 311 g/mol. The van der Waals surface area contributed by atoms with Gasteiger partial charge in [0.05, 0.1) is 17.4 Å². The fraction of sp³-hybridized carbons (Fsp3) is 0.733. The zero-order chi connectivity index (χ0) is 15.2. The van der Waals surface area contributed by atoms with Gasteiger partial charge >= 0.3 is 0 Å². The first-order valence-electron chi connectivity index (χ1n) is 7.73. The summed E-state index contributed by atoms with van der Waals surface area (Å²) in [6.45, 7) is 2.51. The van der Waals surface area contributed by atoms with Crippen LogP contribution in [0.4, 0.5) is 5.00 Å². The Morgan fingerprint density at radius 2 is 2.19 bits per heavy atom. The Balaban J connectivity index is 1.75. The monoisotopic (exact) mass is 311 g/mol. The molecule has 2 unspecified atom stereocenters. The Morgan fingerprint density at radius 1 is 1.43 bits per heavy atom. The molecular weight excluding hydrogens is 286 g/mol. The molecule has 1 aliphatic carbocycles. The molecular formula is C15H25N3O2S. The molecule has 2 atom stereocenters. The molecule has 3 N–H and O–H groups in total. The normalized spacial score (nSPS) is 22.0. The lowest BCUT2D eigenvalue weighted by Gasteiger charge is -2.27. The van der Waals surface area contributed by atoms with E-state index in [-0.39, 0.29) is 12.0 Å². The van der Waals surface area contributed by atoms with Crippen LogP contribution in [0.1, 0.15) is 54.6 Å². The molecule has 1 aliphatic rings. The minimum atomic E-state index is -0.145. The second-order valence-corrected chi connectivity index (χ2v) is 6.51. The summed E-state index contributed by atoms with van der Waals surface area (Å²) in [5, 5.41) is 16.7. The number of aliphatic hydroxyl groups is 1. The van der Waals surface area contributed by atoms with Crippen LogP contribution in [0.5, 0.6) is 0 Å². The highest BCUT2D eigenvalue weighted by atomic mass is 32.1. The van der Waals surface area contributed by atoms with Crippen molar-refractivity contribution in [3.63, 3.8) is 0 Å². The van der Waals surface area contributed by atoms with E-state index in [0.29, 0.717) is 18.0 Å². The number of amides is 1. The fourth-order valence-electron chi connectivity index (χ4n) is 2.99. The molecule has 6 heteroatoms. The molecule has 1 saturated carbocycles. The number of hydrogen-bond donors (Lipinski definition) is 3. The van der Waals surface area contributed by atoms with Gasteiger partial charge < -0.3 is 15.7 Å². The molecule has 1 heterocycles. The second-order valence-electron chi connectivity index (χ2n) is 5.73. The van der Waals surface area contributed by atoms with E-state index >= 15 is 0 Å². The first-order chi connectivity index (χ1) is 10.1. The van der Waals surface area contributed by atoms with E-state index in [4.69, 9.17) is 0 Å². The highest BCUT2D eigenvalue weighted by molar-refractivity contribution is 7.10. The Kier molecular flexibility index (Phi) is 5.99. The number of carbonyl (C=O) groups excluding carboxylic acids is 1. The lowest BCUT2D eigenvalue weighted by atomic mass is 9.83. The first kappa shape index (κ1) is 16.2. The van der Waals surface area contributed by atoms with Crippen molar-refractivity contribution in [3.05, 3.63) is 11.3 Å². The number of aliphatic hydroxyl groups excluding tert-OH is 1. The van der Waals surface area contributed by atoms with E-state index in [1.54, 1.807) is 7.05 Å². The van der Waals surface area contributed by atoms with Gasteiger partial charge in [-0.2, -0.15) is 4.37 Å². The van der Waals surface area contributed by atoms with Crippen LogP contribution in [0, 0.1) is 12.8 Å². The molecule has 1 aromatic heterocycles. The summed E-state index contributed by atoms with van der Waals surface area (Å²) in [5.41, 5.74) is 1.42. The molecule has 0 spiro atoms. The van der Waals surface area contributed by atoms with E-state index in [1.807, 2.05) is 6.92 Å². The van der Waals surface area contributed by atoms with E-state index in [2.05, 4.69) is 15.0 Å². The predicted octanol–water partition coefficient (Wildman–Crippen LogP) is 2.55. The first-order valence-corrected chi connectivity index (χ1v) is 8.51. The summed E-state index contributed by atoms with van der Waals surface area (Å²) in [6.07, 6.45) is 6.17. The molecule has 0 saturated heterocycles. The molecule has 0 aliphatic heterocycles. The van der Waals surface area contributed by atoms with Crippen molar-refractivity contribution in [1.29, 1.82) is 0 Å². The Bertz CT molecular complexity index is 475. The average Bonchev–Trinajstić information content (AvgIpc) is 2.86. The maximum Gasteiger partial charge on any atom is 0.256 e. The number of nitrogens with zero attached hydrogens (tertiary/aromatic N) is 1. The van der Waals surface area contributed by atoms with Crippen LogP contribution in [0.2, 0.25) is 0 Å². The van der Waals surface area contributed by atoms with E-state index in [1.165, 1.54) is 18.0 Å². The van der Waals surface area contributed by atoms with Crippen LogP contribution in [0.25, 0.3) is 0 Å². The van der Waals surface area contributed by atoms with E-state index in [9.17, 15) is 9.90 Å². The fourth-order valence-corrected chi connectivity index (χ4v) is 3.73. The van der Waals surface area contributed by atoms with Gasteiger partial charge in [0.15, 0.2) is 0 Å². The van der Waals surface area contributed by atoms with Crippen molar-refractivity contribution in [2.24, 2.45) is 5.92 Å². The Labute approximate surface area is 130 Å². The number of carbonyl (C=O) groups is 1. The smallest absolute Gasteiger partial charge is 0.256 e. The summed E-state index contributed by atoms with van der Waals surface area (Å²) >= 11 is 1.31. The number of aryl methyl sites for hydroxylation is 1. The van der Waals surface area contributed by atoms with E-state index < -0.39 is 0 Å². The van der Waals surface area contributed by atoms with Gasteiger partial charge in [0.2, 0.25) is 0 Å². The third-order valence-corrected chi connectivity index (χ3v) is 5.18. The predicted molar refractivity (Wildman–Crippen MR) is 85.9 cm³/mol. The molecule has 5 nitrogen and oxygen atoms in total. The molecule has 1 fully saturated rings. The summed E-state index contributed by atoms with van der Waals surface area (Å²) in [7, 11) is 1.80. The molecule has 118 valence electrons. The van der Waals surface area contributed by atoms with Crippen molar-refractivity contribution >= 4 is 22.4 Å². The van der Waals surface area contributed by atoms with Gasteiger partial charge in [-0.25, -0.2) is 0 Å². The van der Waals surface area contributed by atoms with Gasteiger partial charge in [-0.15, -0.1) is 0 Å². The SMILES string of the molecule is CNc1snc(C)c1C(=O)NCCCC1CCCCC1O. The topological polar surface area (TPSA) is 74.2 Å². The maximum absolute atomic E-state index is 12.2. The Morgan fingerprint density at radius 3 is 2.90 bits per heavy atom. The largest absolute Gasteiger partial charge is 0.393 e.